The molecule has 3 N–H and O–H groups in total. The number of carbonyl (C=O) groups excluding carboxylic acids is 3. The van der Waals surface area contributed by atoms with Crippen molar-refractivity contribution in [3.05, 3.63) is 30.1 Å². The number of halogens is 1. The van der Waals surface area contributed by atoms with Gasteiger partial charge in [-0.1, -0.05) is 13.8 Å². The van der Waals surface area contributed by atoms with Gasteiger partial charge < -0.3 is 10.5 Å². The molecule has 1 saturated heterocycles. The van der Waals surface area contributed by atoms with Gasteiger partial charge in [0, 0.05) is 23.2 Å². The maximum absolute atomic E-state index is 13.1. The lowest BCUT2D eigenvalue weighted by Gasteiger charge is -2.25. The molecule has 1 aliphatic heterocycles. The minimum absolute atomic E-state index is 0.00295. The van der Waals surface area contributed by atoms with Crippen LogP contribution in [0.3, 0.4) is 0 Å². The number of amides is 3. The zero-order chi connectivity index (χ0) is 19.5. The van der Waals surface area contributed by atoms with Crippen LogP contribution in [-0.4, -0.2) is 41.2 Å². The fraction of sp³-hybridized carbons (Fsp3) is 0.444. The summed E-state index contributed by atoms with van der Waals surface area (Å²) < 4.78 is 13.1. The summed E-state index contributed by atoms with van der Waals surface area (Å²) in [5, 5.41) is 19.3. The Morgan fingerprint density at radius 2 is 1.96 bits per heavy atom. The van der Waals surface area contributed by atoms with Crippen molar-refractivity contribution in [1.82, 2.24) is 5.32 Å². The molecule has 0 bridgehead atoms. The molecule has 0 aromatic heterocycles. The van der Waals surface area contributed by atoms with Crippen LogP contribution in [0.25, 0.3) is 0 Å². The highest BCUT2D eigenvalue weighted by molar-refractivity contribution is 6.11. The molecule has 2 rings (SSSR count). The van der Waals surface area contributed by atoms with E-state index in [1.54, 1.807) is 13.8 Å². The number of aliphatic hydroxyl groups is 1. The van der Waals surface area contributed by atoms with Crippen LogP contribution in [0.5, 0.6) is 0 Å². The van der Waals surface area contributed by atoms with Crippen molar-refractivity contribution in [1.29, 1.82) is 5.41 Å². The van der Waals surface area contributed by atoms with E-state index in [-0.39, 0.29) is 37.5 Å². The van der Waals surface area contributed by atoms with Crippen molar-refractivity contribution >= 4 is 29.1 Å². The number of nitrogens with zero attached hydrogens (tertiary/aromatic N) is 1. The van der Waals surface area contributed by atoms with Crippen molar-refractivity contribution in [2.24, 2.45) is 5.41 Å². The van der Waals surface area contributed by atoms with Gasteiger partial charge in [-0.2, -0.15) is 0 Å². The van der Waals surface area contributed by atoms with E-state index in [4.69, 9.17) is 5.41 Å². The minimum atomic E-state index is -0.864. The highest BCUT2D eigenvalue weighted by Gasteiger charge is 2.38. The summed E-state index contributed by atoms with van der Waals surface area (Å²) in [7, 11) is 0. The maximum Gasteiger partial charge on any atom is 0.249 e. The second kappa shape index (κ2) is 7.74. The van der Waals surface area contributed by atoms with E-state index in [1.807, 2.05) is 0 Å². The Morgan fingerprint density at radius 1 is 1.35 bits per heavy atom. The predicted molar refractivity (Wildman–Crippen MR) is 93.3 cm³/mol. The Bertz CT molecular complexity index is 730. The van der Waals surface area contributed by atoms with E-state index in [2.05, 4.69) is 5.32 Å². The van der Waals surface area contributed by atoms with Crippen molar-refractivity contribution in [3.63, 3.8) is 0 Å². The monoisotopic (exact) mass is 363 g/mol. The molecule has 1 aromatic carbocycles. The molecule has 1 unspecified atom stereocenters. The maximum atomic E-state index is 13.1. The van der Waals surface area contributed by atoms with E-state index in [0.717, 1.165) is 0 Å². The number of hydrogen-bond donors (Lipinski definition) is 3. The minimum Gasteiger partial charge on any atom is -0.395 e. The van der Waals surface area contributed by atoms with Crippen LogP contribution in [0.2, 0.25) is 0 Å². The van der Waals surface area contributed by atoms with Gasteiger partial charge in [0.1, 0.15) is 11.9 Å². The molecular weight excluding hydrogens is 341 g/mol. The molecule has 0 radical (unpaired) electrons. The molecule has 1 aromatic rings. The van der Waals surface area contributed by atoms with Gasteiger partial charge in [-0.05, 0) is 30.7 Å². The lowest BCUT2D eigenvalue weighted by molar-refractivity contribution is -0.131. The fourth-order valence-electron chi connectivity index (χ4n) is 2.62. The van der Waals surface area contributed by atoms with Crippen molar-refractivity contribution < 1.29 is 23.9 Å². The second-order valence-corrected chi connectivity index (χ2v) is 6.90. The van der Waals surface area contributed by atoms with E-state index in [9.17, 15) is 23.9 Å². The van der Waals surface area contributed by atoms with Crippen LogP contribution in [0.4, 0.5) is 10.1 Å². The average molecular weight is 363 g/mol. The van der Waals surface area contributed by atoms with Crippen LogP contribution in [-0.2, 0) is 14.4 Å². The SMILES string of the molecule is CC(C)(CO)C(=N)CC(=O)NC(=O)C1CCC(=O)N1c1ccc(F)cc1. The van der Waals surface area contributed by atoms with Crippen LogP contribution in [0.1, 0.15) is 33.1 Å². The number of benzene rings is 1. The number of carbonyl (C=O) groups is 3. The highest BCUT2D eigenvalue weighted by Crippen LogP contribution is 2.27. The second-order valence-electron chi connectivity index (χ2n) is 6.90. The predicted octanol–water partition coefficient (Wildman–Crippen LogP) is 1.39. The first-order chi connectivity index (χ1) is 12.2. The summed E-state index contributed by atoms with van der Waals surface area (Å²) in [4.78, 5) is 37.8. The molecule has 26 heavy (non-hydrogen) atoms. The zero-order valence-electron chi connectivity index (χ0n) is 14.7. The van der Waals surface area contributed by atoms with Crippen LogP contribution in [0, 0.1) is 16.6 Å². The van der Waals surface area contributed by atoms with E-state index in [1.165, 1.54) is 29.2 Å². The summed E-state index contributed by atoms with van der Waals surface area (Å²) in [5.41, 5.74) is -0.469. The quantitative estimate of drug-likeness (QED) is 0.663. The Balaban J connectivity index is 2.06. The summed E-state index contributed by atoms with van der Waals surface area (Å²) in [6.45, 7) is 2.95. The third-order valence-corrected chi connectivity index (χ3v) is 4.43. The number of imide groups is 1. The normalized spacial score (nSPS) is 17.3. The Hall–Kier alpha value is -2.61. The van der Waals surface area contributed by atoms with Gasteiger partial charge in [-0.25, -0.2) is 4.39 Å². The lowest BCUT2D eigenvalue weighted by atomic mass is 9.86. The van der Waals surface area contributed by atoms with Gasteiger partial charge in [0.05, 0.1) is 13.0 Å². The fourth-order valence-corrected chi connectivity index (χ4v) is 2.62. The third kappa shape index (κ3) is 4.32. The van der Waals surface area contributed by atoms with E-state index >= 15 is 0 Å². The lowest BCUT2D eigenvalue weighted by Crippen LogP contribution is -2.47. The molecule has 1 fully saturated rings. The molecule has 1 heterocycles. The molecule has 0 spiro atoms. The van der Waals surface area contributed by atoms with Gasteiger partial charge in [0.15, 0.2) is 0 Å². The molecule has 7 nitrogen and oxygen atoms in total. The van der Waals surface area contributed by atoms with Crippen LogP contribution >= 0.6 is 0 Å². The molecular formula is C18H22FN3O4. The molecule has 3 amide bonds. The first-order valence-corrected chi connectivity index (χ1v) is 8.26. The summed E-state index contributed by atoms with van der Waals surface area (Å²) in [6.07, 6.45) is 0.0719. The van der Waals surface area contributed by atoms with Crippen molar-refractivity contribution in [2.45, 2.75) is 39.2 Å². The van der Waals surface area contributed by atoms with Crippen molar-refractivity contribution in [3.8, 4) is 0 Å². The van der Waals surface area contributed by atoms with E-state index < -0.39 is 29.1 Å². The molecule has 0 aliphatic carbocycles. The molecule has 1 aliphatic rings. The van der Waals surface area contributed by atoms with E-state index in [0.29, 0.717) is 5.69 Å². The summed E-state index contributed by atoms with van der Waals surface area (Å²) in [6, 6.07) is 4.33. The Labute approximate surface area is 150 Å². The van der Waals surface area contributed by atoms with Gasteiger partial charge in [0.2, 0.25) is 17.7 Å². The first kappa shape index (κ1) is 19.7. The highest BCUT2D eigenvalue weighted by atomic mass is 19.1. The summed E-state index contributed by atoms with van der Waals surface area (Å²) in [5.74, 6) is -2.04. The average Bonchev–Trinajstić information content (AvgIpc) is 2.97. The molecule has 1 atom stereocenters. The first-order valence-electron chi connectivity index (χ1n) is 8.26. The number of nitrogens with one attached hydrogen (secondary N) is 2. The largest absolute Gasteiger partial charge is 0.395 e. The Morgan fingerprint density at radius 3 is 2.54 bits per heavy atom. The number of rotatable bonds is 6. The van der Waals surface area contributed by atoms with Crippen LogP contribution < -0.4 is 10.2 Å². The summed E-state index contributed by atoms with van der Waals surface area (Å²) >= 11 is 0. The number of anilines is 1. The molecule has 8 heteroatoms. The molecule has 0 saturated carbocycles. The van der Waals surface area contributed by atoms with Crippen molar-refractivity contribution in [2.75, 3.05) is 11.5 Å². The van der Waals surface area contributed by atoms with Gasteiger partial charge in [-0.3, -0.25) is 24.6 Å². The smallest absolute Gasteiger partial charge is 0.249 e. The Kier molecular flexibility index (Phi) is 5.86. The van der Waals surface area contributed by atoms with Gasteiger partial charge in [0.25, 0.3) is 0 Å². The topological polar surface area (TPSA) is 111 Å². The number of hydrogen-bond acceptors (Lipinski definition) is 5. The van der Waals surface area contributed by atoms with Crippen LogP contribution in [0.15, 0.2) is 24.3 Å². The molecule has 140 valence electrons. The standard InChI is InChI=1S/C18H22FN3O4/c1-18(2,10-23)14(20)9-15(24)21-17(26)13-7-8-16(25)22(13)12-5-3-11(19)4-6-12/h3-6,13,20,23H,7-10H2,1-2H3,(H,21,24,26). The zero-order valence-corrected chi connectivity index (χ0v) is 14.7. The van der Waals surface area contributed by atoms with Gasteiger partial charge in [-0.15, -0.1) is 0 Å². The van der Waals surface area contributed by atoms with Gasteiger partial charge >= 0.3 is 0 Å². The third-order valence-electron chi connectivity index (χ3n) is 4.43. The number of aliphatic hydroxyl groups excluding tert-OH is 1.